The quantitative estimate of drug-likeness (QED) is 0.666. The van der Waals surface area contributed by atoms with Gasteiger partial charge in [-0.05, 0) is 30.7 Å². The van der Waals surface area contributed by atoms with Crippen LogP contribution < -0.4 is 16.0 Å². The third-order valence-electron chi connectivity index (χ3n) is 3.14. The number of benzene rings is 2. The van der Waals surface area contributed by atoms with Gasteiger partial charge in [0.25, 0.3) is 0 Å². The van der Waals surface area contributed by atoms with Crippen molar-refractivity contribution in [3.8, 4) is 5.75 Å². The van der Waals surface area contributed by atoms with Gasteiger partial charge in [-0.25, -0.2) is 5.43 Å². The summed E-state index contributed by atoms with van der Waals surface area (Å²) in [4.78, 5) is 0. The molecule has 1 unspecified atom stereocenters. The van der Waals surface area contributed by atoms with Crippen molar-refractivity contribution in [1.82, 2.24) is 5.43 Å². The molecular weight excluding hydrogens is 295 g/mol. The fourth-order valence-corrected chi connectivity index (χ4v) is 2.44. The number of ether oxygens (including phenoxy) is 1. The summed E-state index contributed by atoms with van der Waals surface area (Å²) in [7, 11) is 1.64. The zero-order valence-electron chi connectivity index (χ0n) is 11.3. The number of hydrazine groups is 1. The number of rotatable bonds is 4. The molecule has 2 rings (SSSR count). The number of hydrogen-bond acceptors (Lipinski definition) is 3. The van der Waals surface area contributed by atoms with Crippen molar-refractivity contribution >= 4 is 23.2 Å². The Labute approximate surface area is 128 Å². The van der Waals surface area contributed by atoms with Crippen LogP contribution in [0.1, 0.15) is 22.7 Å². The molecule has 0 aromatic heterocycles. The fourth-order valence-electron chi connectivity index (χ4n) is 2.14. The van der Waals surface area contributed by atoms with Crippen LogP contribution in [0.3, 0.4) is 0 Å². The number of nitrogens with two attached hydrogens (primary N) is 1. The molecule has 0 spiro atoms. The van der Waals surface area contributed by atoms with Gasteiger partial charge in [-0.3, -0.25) is 5.84 Å². The molecule has 5 heteroatoms. The van der Waals surface area contributed by atoms with Crippen molar-refractivity contribution in [2.24, 2.45) is 5.84 Å². The van der Waals surface area contributed by atoms with Crippen molar-refractivity contribution < 1.29 is 4.74 Å². The van der Waals surface area contributed by atoms with E-state index in [0.29, 0.717) is 10.0 Å². The minimum absolute atomic E-state index is 0.223. The maximum Gasteiger partial charge on any atom is 0.124 e. The van der Waals surface area contributed by atoms with Gasteiger partial charge in [-0.15, -0.1) is 0 Å². The van der Waals surface area contributed by atoms with E-state index in [2.05, 4.69) is 5.43 Å². The smallest absolute Gasteiger partial charge is 0.124 e. The topological polar surface area (TPSA) is 47.3 Å². The Bertz CT molecular complexity index is 617. The van der Waals surface area contributed by atoms with Crippen molar-refractivity contribution in [3.63, 3.8) is 0 Å². The highest BCUT2D eigenvalue weighted by Crippen LogP contribution is 2.33. The lowest BCUT2D eigenvalue weighted by Crippen LogP contribution is -2.29. The lowest BCUT2D eigenvalue weighted by atomic mass is 9.97. The van der Waals surface area contributed by atoms with E-state index in [4.69, 9.17) is 33.8 Å². The van der Waals surface area contributed by atoms with Gasteiger partial charge in [0.1, 0.15) is 5.75 Å². The largest absolute Gasteiger partial charge is 0.496 e. The second-order valence-electron chi connectivity index (χ2n) is 4.52. The number of aryl methyl sites for hydroxylation is 1. The first-order valence-electron chi connectivity index (χ1n) is 6.12. The van der Waals surface area contributed by atoms with Crippen molar-refractivity contribution in [1.29, 1.82) is 0 Å². The van der Waals surface area contributed by atoms with Gasteiger partial charge in [-0.2, -0.15) is 0 Å². The summed E-state index contributed by atoms with van der Waals surface area (Å²) >= 11 is 12.0. The van der Waals surface area contributed by atoms with Gasteiger partial charge in [0, 0.05) is 5.56 Å². The normalized spacial score (nSPS) is 12.2. The van der Waals surface area contributed by atoms with Crippen LogP contribution in [0.2, 0.25) is 10.0 Å². The monoisotopic (exact) mass is 310 g/mol. The van der Waals surface area contributed by atoms with Crippen LogP contribution in [0.25, 0.3) is 0 Å². The SMILES string of the molecule is COc1ccc(C)cc1C(NN)c1ccc(Cl)c(Cl)c1. The fraction of sp³-hybridized carbons (Fsp3) is 0.200. The molecule has 0 aliphatic rings. The summed E-state index contributed by atoms with van der Waals surface area (Å²) in [6.07, 6.45) is 0. The van der Waals surface area contributed by atoms with Gasteiger partial charge in [0.15, 0.2) is 0 Å². The van der Waals surface area contributed by atoms with E-state index in [1.165, 1.54) is 0 Å². The Hall–Kier alpha value is -1.26. The van der Waals surface area contributed by atoms with E-state index in [0.717, 1.165) is 22.4 Å². The molecule has 2 aromatic rings. The van der Waals surface area contributed by atoms with Crippen molar-refractivity contribution in [2.45, 2.75) is 13.0 Å². The van der Waals surface area contributed by atoms with Gasteiger partial charge in [0.2, 0.25) is 0 Å². The molecule has 0 saturated carbocycles. The molecule has 0 radical (unpaired) electrons. The molecular formula is C15H16Cl2N2O. The maximum absolute atomic E-state index is 6.08. The average molecular weight is 311 g/mol. The summed E-state index contributed by atoms with van der Waals surface area (Å²) in [6, 6.07) is 11.2. The van der Waals surface area contributed by atoms with E-state index in [1.807, 2.05) is 31.2 Å². The number of nitrogens with one attached hydrogen (secondary N) is 1. The standard InChI is InChI=1S/C15H16Cl2N2O/c1-9-3-6-14(20-2)11(7-9)15(19-18)10-4-5-12(16)13(17)8-10/h3-8,15,19H,18H2,1-2H3. The first-order valence-corrected chi connectivity index (χ1v) is 6.88. The van der Waals surface area contributed by atoms with Crippen LogP contribution >= 0.6 is 23.2 Å². The van der Waals surface area contributed by atoms with E-state index in [1.54, 1.807) is 19.2 Å². The Kier molecular flexibility index (Phi) is 4.89. The number of halogens is 2. The Morgan fingerprint density at radius 2 is 1.85 bits per heavy atom. The lowest BCUT2D eigenvalue weighted by Gasteiger charge is -2.20. The first-order chi connectivity index (χ1) is 9.56. The van der Waals surface area contributed by atoms with Crippen LogP contribution in [-0.2, 0) is 0 Å². The molecule has 2 aromatic carbocycles. The molecule has 0 amide bonds. The van der Waals surface area contributed by atoms with E-state index >= 15 is 0 Å². The van der Waals surface area contributed by atoms with Crippen LogP contribution in [-0.4, -0.2) is 7.11 Å². The summed E-state index contributed by atoms with van der Waals surface area (Å²) in [5.74, 6) is 6.49. The Morgan fingerprint density at radius 3 is 2.45 bits per heavy atom. The van der Waals surface area contributed by atoms with E-state index < -0.39 is 0 Å². The molecule has 0 aliphatic heterocycles. The minimum Gasteiger partial charge on any atom is -0.496 e. The second kappa shape index (κ2) is 6.46. The van der Waals surface area contributed by atoms with Crippen LogP contribution in [0, 0.1) is 6.92 Å². The summed E-state index contributed by atoms with van der Waals surface area (Å²) in [5.41, 5.74) is 5.80. The van der Waals surface area contributed by atoms with Crippen molar-refractivity contribution in [3.05, 3.63) is 63.1 Å². The summed E-state index contributed by atoms with van der Waals surface area (Å²) in [6.45, 7) is 2.02. The molecule has 106 valence electrons. The average Bonchev–Trinajstić information content (AvgIpc) is 2.44. The third-order valence-corrected chi connectivity index (χ3v) is 3.88. The van der Waals surface area contributed by atoms with Gasteiger partial charge < -0.3 is 4.74 Å². The molecule has 0 saturated heterocycles. The van der Waals surface area contributed by atoms with Gasteiger partial charge in [-0.1, -0.05) is 47.0 Å². The first kappa shape index (κ1) is 15.1. The molecule has 0 fully saturated rings. The molecule has 3 nitrogen and oxygen atoms in total. The zero-order valence-corrected chi connectivity index (χ0v) is 12.8. The number of hydrogen-bond donors (Lipinski definition) is 2. The van der Waals surface area contributed by atoms with Crippen LogP contribution in [0.15, 0.2) is 36.4 Å². The molecule has 0 aliphatic carbocycles. The second-order valence-corrected chi connectivity index (χ2v) is 5.33. The third kappa shape index (κ3) is 3.07. The maximum atomic E-state index is 6.08. The molecule has 3 N–H and O–H groups in total. The molecule has 0 heterocycles. The lowest BCUT2D eigenvalue weighted by molar-refractivity contribution is 0.404. The van der Waals surface area contributed by atoms with Gasteiger partial charge in [0.05, 0.1) is 23.2 Å². The zero-order chi connectivity index (χ0) is 14.7. The Morgan fingerprint density at radius 1 is 1.10 bits per heavy atom. The number of methoxy groups -OCH3 is 1. The molecule has 0 bridgehead atoms. The molecule has 1 atom stereocenters. The predicted octanol–water partition coefficient (Wildman–Crippen LogP) is 3.86. The van der Waals surface area contributed by atoms with E-state index in [9.17, 15) is 0 Å². The Balaban J connectivity index is 2.51. The minimum atomic E-state index is -0.223. The summed E-state index contributed by atoms with van der Waals surface area (Å²) < 4.78 is 5.40. The summed E-state index contributed by atoms with van der Waals surface area (Å²) in [5, 5.41) is 1.01. The highest BCUT2D eigenvalue weighted by molar-refractivity contribution is 6.42. The predicted molar refractivity (Wildman–Crippen MR) is 83.4 cm³/mol. The highest BCUT2D eigenvalue weighted by Gasteiger charge is 2.18. The van der Waals surface area contributed by atoms with Crippen molar-refractivity contribution in [2.75, 3.05) is 7.11 Å². The van der Waals surface area contributed by atoms with Gasteiger partial charge >= 0.3 is 0 Å². The molecule has 20 heavy (non-hydrogen) atoms. The highest BCUT2D eigenvalue weighted by atomic mass is 35.5. The van der Waals surface area contributed by atoms with E-state index in [-0.39, 0.29) is 6.04 Å². The van der Waals surface area contributed by atoms with Crippen LogP contribution in [0.4, 0.5) is 0 Å². The van der Waals surface area contributed by atoms with Crippen LogP contribution in [0.5, 0.6) is 5.75 Å².